The number of hydrogen-bond acceptors (Lipinski definition) is 5. The molecule has 1 saturated carbocycles. The molecule has 2 saturated heterocycles. The molecule has 3 atom stereocenters. The number of piperidine rings is 1. The van der Waals surface area contributed by atoms with Crippen molar-refractivity contribution in [3.63, 3.8) is 0 Å². The predicted molar refractivity (Wildman–Crippen MR) is 118 cm³/mol. The van der Waals surface area contributed by atoms with E-state index in [2.05, 4.69) is 41.0 Å². The van der Waals surface area contributed by atoms with Crippen LogP contribution in [0.15, 0.2) is 24.3 Å². The molecule has 30 heavy (non-hydrogen) atoms. The maximum absolute atomic E-state index is 13.3. The summed E-state index contributed by atoms with van der Waals surface area (Å²) in [5, 5.41) is 0. The van der Waals surface area contributed by atoms with Crippen LogP contribution >= 0.6 is 0 Å². The maximum atomic E-state index is 13.3. The topological polar surface area (TPSA) is 42.0 Å². The molecule has 4 rings (SSSR count). The average molecular weight is 415 g/mol. The van der Waals surface area contributed by atoms with Crippen molar-refractivity contribution in [2.45, 2.75) is 58.5 Å². The van der Waals surface area contributed by atoms with E-state index < -0.39 is 0 Å². The lowest BCUT2D eigenvalue weighted by atomic mass is 9.61. The Bertz CT molecular complexity index is 718. The van der Waals surface area contributed by atoms with Crippen LogP contribution < -0.4 is 0 Å². The van der Waals surface area contributed by atoms with Gasteiger partial charge in [0.05, 0.1) is 25.2 Å². The lowest BCUT2D eigenvalue weighted by molar-refractivity contribution is -0.170. The van der Waals surface area contributed by atoms with Crippen LogP contribution in [0.4, 0.5) is 0 Å². The van der Waals surface area contributed by atoms with E-state index >= 15 is 0 Å². The van der Waals surface area contributed by atoms with E-state index in [0.29, 0.717) is 18.6 Å². The van der Waals surface area contributed by atoms with E-state index in [-0.39, 0.29) is 11.4 Å². The fourth-order valence-electron chi connectivity index (χ4n) is 6.03. The number of morpholine rings is 1. The normalized spacial score (nSPS) is 30.6. The van der Waals surface area contributed by atoms with Crippen LogP contribution in [0.5, 0.6) is 0 Å². The van der Waals surface area contributed by atoms with Crippen LogP contribution in [0.2, 0.25) is 0 Å². The number of esters is 1. The molecule has 0 spiro atoms. The molecule has 1 aliphatic carbocycles. The van der Waals surface area contributed by atoms with Crippen molar-refractivity contribution in [2.24, 2.45) is 11.3 Å². The molecule has 1 aromatic carbocycles. The highest BCUT2D eigenvalue weighted by molar-refractivity contribution is 5.78. The molecule has 3 aliphatic rings. The molecule has 0 aromatic heterocycles. The molecule has 2 heterocycles. The van der Waals surface area contributed by atoms with Crippen LogP contribution in [0.1, 0.15) is 50.7 Å². The number of carbonyl (C=O) groups excluding carboxylic acids is 1. The standard InChI is InChI=1S/C25H38N2O3/c1-3-20-7-5-6-8-21(20)18-26-12-10-22-17-23(27-13-15-29-16-14-27)9-11-25(22,19-26)24(28)30-4-2/h5-8,22-23H,3-4,9-19H2,1-2H3/t22-,23-,25-/m1/s1. The minimum absolute atomic E-state index is 0.0453. The molecule has 2 aliphatic heterocycles. The molecule has 0 N–H and O–H groups in total. The number of nitrogens with zero attached hydrogens (tertiary/aromatic N) is 2. The van der Waals surface area contributed by atoms with Crippen molar-refractivity contribution in [3.05, 3.63) is 35.4 Å². The van der Waals surface area contributed by atoms with Gasteiger partial charge in [0.25, 0.3) is 0 Å². The van der Waals surface area contributed by atoms with E-state index in [4.69, 9.17) is 9.47 Å². The lowest BCUT2D eigenvalue weighted by Gasteiger charge is -2.52. The second-order valence-corrected chi connectivity index (χ2v) is 9.27. The quantitative estimate of drug-likeness (QED) is 0.667. The van der Waals surface area contributed by atoms with Gasteiger partial charge in [-0.05, 0) is 62.6 Å². The Kier molecular flexibility index (Phi) is 7.12. The Hall–Kier alpha value is -1.43. The maximum Gasteiger partial charge on any atom is 0.313 e. The number of fused-ring (bicyclic) bond motifs is 1. The van der Waals surface area contributed by atoms with Gasteiger partial charge in [0.15, 0.2) is 0 Å². The third-order valence-electron chi connectivity index (χ3n) is 7.70. The summed E-state index contributed by atoms with van der Waals surface area (Å²) >= 11 is 0. The molecule has 5 heteroatoms. The van der Waals surface area contributed by atoms with Gasteiger partial charge in [0, 0.05) is 32.2 Å². The summed E-state index contributed by atoms with van der Waals surface area (Å²) < 4.78 is 11.2. The van der Waals surface area contributed by atoms with Gasteiger partial charge in [0.1, 0.15) is 0 Å². The predicted octanol–water partition coefficient (Wildman–Crippen LogP) is 3.51. The zero-order valence-corrected chi connectivity index (χ0v) is 18.8. The van der Waals surface area contributed by atoms with E-state index in [1.54, 1.807) is 0 Å². The monoisotopic (exact) mass is 414 g/mol. The molecule has 3 fully saturated rings. The third kappa shape index (κ3) is 4.44. The van der Waals surface area contributed by atoms with Crippen LogP contribution in [-0.4, -0.2) is 67.8 Å². The summed E-state index contributed by atoms with van der Waals surface area (Å²) in [7, 11) is 0. The fourth-order valence-corrected chi connectivity index (χ4v) is 6.03. The number of aryl methyl sites for hydroxylation is 1. The minimum Gasteiger partial charge on any atom is -0.466 e. The third-order valence-corrected chi connectivity index (χ3v) is 7.70. The Morgan fingerprint density at radius 3 is 2.63 bits per heavy atom. The zero-order chi connectivity index (χ0) is 21.0. The van der Waals surface area contributed by atoms with Crippen molar-refractivity contribution in [1.82, 2.24) is 9.80 Å². The van der Waals surface area contributed by atoms with E-state index in [1.807, 2.05) is 6.92 Å². The fraction of sp³-hybridized carbons (Fsp3) is 0.720. The highest BCUT2D eigenvalue weighted by atomic mass is 16.5. The van der Waals surface area contributed by atoms with Crippen molar-refractivity contribution >= 4 is 5.97 Å². The number of hydrogen-bond donors (Lipinski definition) is 0. The summed E-state index contributed by atoms with van der Waals surface area (Å²) in [6, 6.07) is 9.33. The molecule has 5 nitrogen and oxygen atoms in total. The van der Waals surface area contributed by atoms with Crippen LogP contribution in [0.3, 0.4) is 0 Å². The second kappa shape index (κ2) is 9.80. The van der Waals surface area contributed by atoms with Gasteiger partial charge in [0.2, 0.25) is 0 Å². The van der Waals surface area contributed by atoms with Gasteiger partial charge in [-0.25, -0.2) is 0 Å². The van der Waals surface area contributed by atoms with Gasteiger partial charge in [-0.3, -0.25) is 14.6 Å². The Morgan fingerprint density at radius 2 is 1.90 bits per heavy atom. The van der Waals surface area contributed by atoms with Gasteiger partial charge in [-0.1, -0.05) is 31.2 Å². The zero-order valence-electron chi connectivity index (χ0n) is 18.8. The number of rotatable bonds is 6. The highest BCUT2D eigenvalue weighted by Gasteiger charge is 2.53. The lowest BCUT2D eigenvalue weighted by Crippen LogP contribution is -2.58. The Labute approximate surface area is 181 Å². The van der Waals surface area contributed by atoms with Crippen LogP contribution in [0, 0.1) is 11.3 Å². The first kappa shape index (κ1) is 21.8. The molecule has 166 valence electrons. The second-order valence-electron chi connectivity index (χ2n) is 9.27. The van der Waals surface area contributed by atoms with E-state index in [9.17, 15) is 4.79 Å². The van der Waals surface area contributed by atoms with Crippen molar-refractivity contribution < 1.29 is 14.3 Å². The molecule has 0 unspecified atom stereocenters. The van der Waals surface area contributed by atoms with Crippen LogP contribution in [0.25, 0.3) is 0 Å². The number of benzene rings is 1. The first-order valence-corrected chi connectivity index (χ1v) is 11.9. The number of likely N-dealkylation sites (tertiary alicyclic amines) is 1. The number of carbonyl (C=O) groups is 1. The first-order valence-electron chi connectivity index (χ1n) is 11.9. The Morgan fingerprint density at radius 1 is 1.13 bits per heavy atom. The minimum atomic E-state index is -0.335. The van der Waals surface area contributed by atoms with Crippen molar-refractivity contribution in [2.75, 3.05) is 46.0 Å². The van der Waals surface area contributed by atoms with Crippen molar-refractivity contribution in [1.29, 1.82) is 0 Å². The van der Waals surface area contributed by atoms with Gasteiger partial charge >= 0.3 is 5.97 Å². The van der Waals surface area contributed by atoms with Gasteiger partial charge in [-0.15, -0.1) is 0 Å². The van der Waals surface area contributed by atoms with E-state index in [1.165, 1.54) is 11.1 Å². The SMILES string of the molecule is CCOC(=O)[C@@]12CC[C@@H](N3CCOCC3)C[C@H]1CCN(Cc1ccccc1CC)C2. The Balaban J connectivity index is 1.50. The summed E-state index contributed by atoms with van der Waals surface area (Å²) in [5.41, 5.74) is 2.48. The summed E-state index contributed by atoms with van der Waals surface area (Å²) in [4.78, 5) is 18.4. The molecule has 0 amide bonds. The molecule has 1 aromatic rings. The average Bonchev–Trinajstić information content (AvgIpc) is 2.79. The number of ether oxygens (including phenoxy) is 2. The van der Waals surface area contributed by atoms with Crippen LogP contribution in [-0.2, 0) is 27.2 Å². The molecule has 0 bridgehead atoms. The molecular formula is C25H38N2O3. The highest BCUT2D eigenvalue weighted by Crippen LogP contribution is 2.48. The van der Waals surface area contributed by atoms with Crippen molar-refractivity contribution in [3.8, 4) is 0 Å². The van der Waals surface area contributed by atoms with Gasteiger partial charge < -0.3 is 9.47 Å². The summed E-state index contributed by atoms with van der Waals surface area (Å²) in [6.45, 7) is 11.2. The molecular weight excluding hydrogens is 376 g/mol. The van der Waals surface area contributed by atoms with E-state index in [0.717, 1.165) is 78.0 Å². The summed E-state index contributed by atoms with van der Waals surface area (Å²) in [5.74, 6) is 0.472. The smallest absolute Gasteiger partial charge is 0.313 e. The summed E-state index contributed by atoms with van der Waals surface area (Å²) in [6.07, 6.45) is 5.31. The molecule has 0 radical (unpaired) electrons. The first-order chi connectivity index (χ1) is 14.7. The van der Waals surface area contributed by atoms with Gasteiger partial charge in [-0.2, -0.15) is 0 Å². The largest absolute Gasteiger partial charge is 0.466 e.